The van der Waals surface area contributed by atoms with E-state index in [1.165, 1.54) is 11.3 Å². The zero-order chi connectivity index (χ0) is 17.0. The number of hydrogen-bond acceptors (Lipinski definition) is 6. The van der Waals surface area contributed by atoms with Crippen LogP contribution in [0.25, 0.3) is 10.1 Å². The number of benzene rings is 1. The molecular formula is C15H21ClNO4PS. The summed E-state index contributed by atoms with van der Waals surface area (Å²) >= 11 is 7.60. The van der Waals surface area contributed by atoms with Crippen LogP contribution in [-0.2, 0) is 13.6 Å². The maximum Gasteiger partial charge on any atom is 0.342 e. The molecule has 0 radical (unpaired) electrons. The third-order valence-electron chi connectivity index (χ3n) is 3.44. The molecule has 2 N–H and O–H groups in total. The first kappa shape index (κ1) is 18.9. The average molecular weight is 378 g/mol. The number of fused-ring (bicyclic) bond motifs is 1. The summed E-state index contributed by atoms with van der Waals surface area (Å²) in [7, 11) is -1.96. The average Bonchev–Trinajstić information content (AvgIpc) is 2.90. The molecule has 23 heavy (non-hydrogen) atoms. The van der Waals surface area contributed by atoms with Crippen molar-refractivity contribution in [2.75, 3.05) is 20.3 Å². The monoisotopic (exact) mass is 377 g/mol. The molecule has 1 heterocycles. The van der Waals surface area contributed by atoms with Crippen molar-refractivity contribution in [2.45, 2.75) is 25.7 Å². The maximum atomic E-state index is 13.3. The summed E-state index contributed by atoms with van der Waals surface area (Å²) in [6, 6.07) is 5.51. The van der Waals surface area contributed by atoms with Crippen molar-refractivity contribution in [3.63, 3.8) is 0 Å². The van der Waals surface area contributed by atoms with Gasteiger partial charge >= 0.3 is 7.60 Å². The Labute approximate surface area is 145 Å². The van der Waals surface area contributed by atoms with Crippen molar-refractivity contribution < 1.29 is 18.7 Å². The highest BCUT2D eigenvalue weighted by Crippen LogP contribution is 2.63. The van der Waals surface area contributed by atoms with Gasteiger partial charge in [-0.25, -0.2) is 0 Å². The summed E-state index contributed by atoms with van der Waals surface area (Å²) in [5.41, 5.74) is -0.126. The Hall–Kier alpha value is -0.460. The van der Waals surface area contributed by atoms with Gasteiger partial charge in [-0.2, -0.15) is 0 Å². The predicted molar refractivity (Wildman–Crippen MR) is 95.5 cm³/mol. The van der Waals surface area contributed by atoms with Gasteiger partial charge in [0.25, 0.3) is 0 Å². The molecule has 2 atom stereocenters. The number of aliphatic hydroxyl groups excluding tert-OH is 1. The van der Waals surface area contributed by atoms with Crippen molar-refractivity contribution >= 4 is 40.6 Å². The smallest absolute Gasteiger partial charge is 0.342 e. The van der Waals surface area contributed by atoms with Crippen LogP contribution >= 0.6 is 30.5 Å². The van der Waals surface area contributed by atoms with Crippen LogP contribution < -0.4 is 5.32 Å². The molecule has 1 aromatic heterocycles. The molecule has 2 unspecified atom stereocenters. The zero-order valence-corrected chi connectivity index (χ0v) is 15.8. The Kier molecular flexibility index (Phi) is 6.63. The molecule has 2 aromatic rings. The lowest BCUT2D eigenvalue weighted by Gasteiger charge is -2.29. The van der Waals surface area contributed by atoms with E-state index in [1.807, 2.05) is 11.4 Å². The van der Waals surface area contributed by atoms with Crippen molar-refractivity contribution in [2.24, 2.45) is 0 Å². The van der Waals surface area contributed by atoms with Crippen LogP contribution in [0, 0.1) is 0 Å². The van der Waals surface area contributed by atoms with E-state index in [-0.39, 0.29) is 13.2 Å². The van der Waals surface area contributed by atoms with Crippen LogP contribution in [0.2, 0.25) is 5.02 Å². The van der Waals surface area contributed by atoms with E-state index in [9.17, 15) is 9.67 Å². The third-order valence-corrected chi connectivity index (χ3v) is 7.13. The summed E-state index contributed by atoms with van der Waals surface area (Å²) in [4.78, 5) is 0. The summed E-state index contributed by atoms with van der Waals surface area (Å²) in [6.45, 7) is 3.95. The van der Waals surface area contributed by atoms with Crippen molar-refractivity contribution in [3.8, 4) is 0 Å². The molecular weight excluding hydrogens is 357 g/mol. The van der Waals surface area contributed by atoms with Crippen LogP contribution in [0.3, 0.4) is 0 Å². The number of likely N-dealkylation sites (N-methyl/N-ethyl adjacent to an activating group) is 1. The summed E-state index contributed by atoms with van der Waals surface area (Å²) in [5.74, 6) is 0. The largest absolute Gasteiger partial charge is 0.377 e. The minimum Gasteiger partial charge on any atom is -0.377 e. The molecule has 0 bridgehead atoms. The molecule has 0 spiro atoms. The van der Waals surface area contributed by atoms with E-state index in [2.05, 4.69) is 5.32 Å². The quantitative estimate of drug-likeness (QED) is 0.527. The minimum atomic E-state index is -3.56. The second-order valence-corrected chi connectivity index (χ2v) is 8.39. The first-order valence-corrected chi connectivity index (χ1v) is 10.2. The molecule has 0 fully saturated rings. The van der Waals surface area contributed by atoms with Gasteiger partial charge in [-0.15, -0.1) is 11.3 Å². The van der Waals surface area contributed by atoms with Gasteiger partial charge in [0.05, 0.1) is 13.2 Å². The normalized spacial score (nSPS) is 15.0. The molecule has 2 rings (SSSR count). The predicted octanol–water partition coefficient (Wildman–Crippen LogP) is 4.40. The van der Waals surface area contributed by atoms with E-state index in [1.54, 1.807) is 33.0 Å². The lowest BCUT2D eigenvalue weighted by atomic mass is 10.1. The van der Waals surface area contributed by atoms with Gasteiger partial charge < -0.3 is 14.2 Å². The number of thiophene rings is 1. The van der Waals surface area contributed by atoms with Gasteiger partial charge in [0.2, 0.25) is 0 Å². The molecule has 0 aliphatic heterocycles. The third kappa shape index (κ3) is 3.97. The minimum absolute atomic E-state index is 0.229. The van der Waals surface area contributed by atoms with Gasteiger partial charge in [-0.1, -0.05) is 11.6 Å². The zero-order valence-electron chi connectivity index (χ0n) is 13.3. The highest BCUT2D eigenvalue weighted by Gasteiger charge is 2.42. The number of rotatable bonds is 8. The van der Waals surface area contributed by atoms with Crippen molar-refractivity contribution in [1.29, 1.82) is 0 Å². The number of aliphatic hydroxyl groups is 1. The van der Waals surface area contributed by atoms with Crippen LogP contribution in [-0.4, -0.2) is 31.6 Å². The molecule has 5 nitrogen and oxygen atoms in total. The Morgan fingerprint density at radius 1 is 1.35 bits per heavy atom. The van der Waals surface area contributed by atoms with Crippen LogP contribution in [0.5, 0.6) is 0 Å². The van der Waals surface area contributed by atoms with Gasteiger partial charge in [-0.3, -0.25) is 9.88 Å². The molecule has 128 valence electrons. The van der Waals surface area contributed by atoms with Gasteiger partial charge in [-0.05, 0) is 55.4 Å². The summed E-state index contributed by atoms with van der Waals surface area (Å²) < 4.78 is 25.2. The van der Waals surface area contributed by atoms with E-state index >= 15 is 0 Å². The van der Waals surface area contributed by atoms with Crippen molar-refractivity contribution in [3.05, 3.63) is 34.2 Å². The molecule has 0 saturated carbocycles. The van der Waals surface area contributed by atoms with Crippen LogP contribution in [0.1, 0.15) is 25.1 Å². The number of halogens is 1. The highest BCUT2D eigenvalue weighted by molar-refractivity contribution is 7.54. The lowest BCUT2D eigenvalue weighted by molar-refractivity contribution is 0.118. The second kappa shape index (κ2) is 8.08. The topological polar surface area (TPSA) is 67.8 Å². The Bertz CT molecular complexity index is 698. The first-order valence-electron chi connectivity index (χ1n) is 7.37. The van der Waals surface area contributed by atoms with Crippen LogP contribution in [0.15, 0.2) is 23.6 Å². The standard InChI is InChI=1S/C15H21ClNO4PS/c1-4-20-22(19,21-5-2)14(15(18)17-3)12-9-23-13-7-6-10(16)8-11(12)13/h6-9,14-15,17-18H,4-5H2,1-3H3. The van der Waals surface area contributed by atoms with Crippen molar-refractivity contribution in [1.82, 2.24) is 5.32 Å². The van der Waals surface area contributed by atoms with E-state index in [0.29, 0.717) is 10.6 Å². The number of nitrogens with one attached hydrogen (secondary N) is 1. The fourth-order valence-corrected chi connectivity index (χ4v) is 5.89. The molecule has 8 heteroatoms. The number of hydrogen-bond donors (Lipinski definition) is 2. The molecule has 0 saturated heterocycles. The molecule has 1 aromatic carbocycles. The Balaban J connectivity index is 2.61. The van der Waals surface area contributed by atoms with Gasteiger partial charge in [0.15, 0.2) is 0 Å². The molecule has 0 amide bonds. The van der Waals surface area contributed by atoms with E-state index < -0.39 is 19.5 Å². The Morgan fingerprint density at radius 3 is 2.57 bits per heavy atom. The van der Waals surface area contributed by atoms with E-state index in [4.69, 9.17) is 20.6 Å². The summed E-state index contributed by atoms with van der Waals surface area (Å²) in [6.07, 6.45) is -1.07. The highest BCUT2D eigenvalue weighted by atomic mass is 35.5. The SMILES string of the molecule is CCOP(=O)(OCC)C(c1csc2ccc(Cl)cc12)C(O)NC. The second-order valence-electron chi connectivity index (χ2n) is 4.89. The lowest BCUT2D eigenvalue weighted by Crippen LogP contribution is -2.32. The Morgan fingerprint density at radius 2 is 2.00 bits per heavy atom. The van der Waals surface area contributed by atoms with Gasteiger partial charge in [0.1, 0.15) is 11.9 Å². The maximum absolute atomic E-state index is 13.3. The fourth-order valence-electron chi connectivity index (χ4n) is 2.48. The molecule has 0 aliphatic rings. The van der Waals surface area contributed by atoms with E-state index in [0.717, 1.165) is 10.1 Å². The summed E-state index contributed by atoms with van der Waals surface area (Å²) in [5, 5.41) is 16.5. The van der Waals surface area contributed by atoms with Crippen LogP contribution in [0.4, 0.5) is 0 Å². The van der Waals surface area contributed by atoms with Gasteiger partial charge in [0, 0.05) is 9.72 Å². The fraction of sp³-hybridized carbons (Fsp3) is 0.467. The first-order chi connectivity index (χ1) is 11.0. The molecule has 0 aliphatic carbocycles.